The van der Waals surface area contributed by atoms with Crippen LogP contribution in [-0.2, 0) is 0 Å². The lowest BCUT2D eigenvalue weighted by atomic mass is 10.0. The van der Waals surface area contributed by atoms with Gasteiger partial charge in [-0.2, -0.15) is 0 Å². The Labute approximate surface area is 141 Å². The fourth-order valence-electron chi connectivity index (χ4n) is 2.12. The van der Waals surface area contributed by atoms with E-state index in [0.29, 0.717) is 29.7 Å². The highest BCUT2D eigenvalue weighted by Crippen LogP contribution is 2.42. The molecule has 2 aromatic rings. The minimum absolute atomic E-state index is 0.313. The number of ether oxygens (including phenoxy) is 2. The molecule has 3 rings (SSSR count). The number of hydrogen-bond acceptors (Lipinski definition) is 2. The van der Waals surface area contributed by atoms with E-state index in [1.165, 1.54) is 0 Å². The standard InChI is InChI=1S/C15H11Cl2IO2/c16-11-8-14-13(19-5-6-20-14)7-10(11)15(17)9-3-1-2-4-12(9)18/h1-4,7-8,15H,5-6H2. The SMILES string of the molecule is Clc1cc2c(cc1C(Cl)c1ccccc1I)OCCO2. The summed E-state index contributed by atoms with van der Waals surface area (Å²) in [6, 6.07) is 11.6. The summed E-state index contributed by atoms with van der Waals surface area (Å²) in [4.78, 5) is 0. The van der Waals surface area contributed by atoms with E-state index in [2.05, 4.69) is 22.6 Å². The van der Waals surface area contributed by atoms with E-state index in [1.54, 1.807) is 6.07 Å². The van der Waals surface area contributed by atoms with E-state index in [0.717, 1.165) is 14.7 Å². The molecule has 0 radical (unpaired) electrons. The van der Waals surface area contributed by atoms with E-state index >= 15 is 0 Å². The number of hydrogen-bond donors (Lipinski definition) is 0. The summed E-state index contributed by atoms with van der Waals surface area (Å²) in [5.74, 6) is 1.38. The maximum atomic E-state index is 6.60. The quantitative estimate of drug-likeness (QED) is 0.500. The van der Waals surface area contributed by atoms with Gasteiger partial charge in [-0.05, 0) is 45.9 Å². The van der Waals surface area contributed by atoms with Crippen molar-refractivity contribution in [3.8, 4) is 11.5 Å². The molecule has 2 aromatic carbocycles. The number of benzene rings is 2. The Morgan fingerprint density at radius 1 is 1.00 bits per heavy atom. The molecule has 2 nitrogen and oxygen atoms in total. The lowest BCUT2D eigenvalue weighted by Crippen LogP contribution is -2.15. The largest absolute Gasteiger partial charge is 0.486 e. The molecule has 0 N–H and O–H groups in total. The van der Waals surface area contributed by atoms with Crippen LogP contribution in [0.25, 0.3) is 0 Å². The number of alkyl halides is 1. The average molecular weight is 421 g/mol. The first-order valence-corrected chi connectivity index (χ1v) is 8.03. The van der Waals surface area contributed by atoms with Crippen LogP contribution in [0.4, 0.5) is 0 Å². The van der Waals surface area contributed by atoms with E-state index in [9.17, 15) is 0 Å². The zero-order valence-electron chi connectivity index (χ0n) is 10.4. The molecular formula is C15H11Cl2IO2. The lowest BCUT2D eigenvalue weighted by Gasteiger charge is -2.21. The van der Waals surface area contributed by atoms with Gasteiger partial charge in [0.05, 0.1) is 5.38 Å². The third-order valence-corrected chi connectivity index (χ3v) is 4.89. The average Bonchev–Trinajstić information content (AvgIpc) is 2.46. The summed E-state index contributed by atoms with van der Waals surface area (Å²) in [7, 11) is 0. The minimum Gasteiger partial charge on any atom is -0.486 e. The number of rotatable bonds is 2. The molecule has 104 valence electrons. The molecule has 1 unspecified atom stereocenters. The van der Waals surface area contributed by atoms with Crippen LogP contribution in [-0.4, -0.2) is 13.2 Å². The Morgan fingerprint density at radius 2 is 1.65 bits per heavy atom. The lowest BCUT2D eigenvalue weighted by molar-refractivity contribution is 0.171. The van der Waals surface area contributed by atoms with Crippen molar-refractivity contribution in [2.45, 2.75) is 5.38 Å². The molecule has 5 heteroatoms. The zero-order chi connectivity index (χ0) is 14.1. The minimum atomic E-state index is -0.313. The maximum absolute atomic E-state index is 6.60. The first-order valence-electron chi connectivity index (χ1n) is 6.14. The van der Waals surface area contributed by atoms with E-state index in [4.69, 9.17) is 32.7 Å². The van der Waals surface area contributed by atoms with Crippen LogP contribution in [0.5, 0.6) is 11.5 Å². The van der Waals surface area contributed by atoms with Gasteiger partial charge in [0.1, 0.15) is 13.2 Å². The molecule has 0 saturated heterocycles. The predicted octanol–water partition coefficient (Wildman–Crippen LogP) is 5.04. The monoisotopic (exact) mass is 420 g/mol. The van der Waals surface area contributed by atoms with E-state index in [-0.39, 0.29) is 5.38 Å². The summed E-state index contributed by atoms with van der Waals surface area (Å²) >= 11 is 15.2. The van der Waals surface area contributed by atoms with Crippen molar-refractivity contribution in [2.24, 2.45) is 0 Å². The fourth-order valence-corrected chi connectivity index (χ4v) is 3.69. The molecule has 1 heterocycles. The Bertz CT molecular complexity index is 646. The van der Waals surface area contributed by atoms with E-state index < -0.39 is 0 Å². The Balaban J connectivity index is 2.03. The van der Waals surface area contributed by atoms with Crippen LogP contribution < -0.4 is 9.47 Å². The summed E-state index contributed by atoms with van der Waals surface area (Å²) in [5.41, 5.74) is 1.87. The number of fused-ring (bicyclic) bond motifs is 1. The van der Waals surface area contributed by atoms with Gasteiger partial charge in [0.15, 0.2) is 11.5 Å². The van der Waals surface area contributed by atoms with Gasteiger partial charge in [0.2, 0.25) is 0 Å². The number of halogens is 3. The topological polar surface area (TPSA) is 18.5 Å². The Kier molecular flexibility index (Phi) is 4.29. The molecule has 0 amide bonds. The normalized spacial score (nSPS) is 14.9. The maximum Gasteiger partial charge on any atom is 0.162 e. The molecule has 0 saturated carbocycles. The zero-order valence-corrected chi connectivity index (χ0v) is 14.1. The highest BCUT2D eigenvalue weighted by molar-refractivity contribution is 14.1. The first kappa shape index (κ1) is 14.3. The Hall–Kier alpha value is -0.650. The van der Waals surface area contributed by atoms with Crippen LogP contribution in [0.2, 0.25) is 5.02 Å². The molecule has 0 fully saturated rings. The molecular weight excluding hydrogens is 410 g/mol. The van der Waals surface area contributed by atoms with Gasteiger partial charge in [0, 0.05) is 14.7 Å². The molecule has 0 aromatic heterocycles. The smallest absolute Gasteiger partial charge is 0.162 e. The van der Waals surface area contributed by atoms with Gasteiger partial charge >= 0.3 is 0 Å². The van der Waals surface area contributed by atoms with Crippen LogP contribution in [0.3, 0.4) is 0 Å². The summed E-state index contributed by atoms with van der Waals surface area (Å²) < 4.78 is 12.2. The van der Waals surface area contributed by atoms with Gasteiger partial charge < -0.3 is 9.47 Å². The molecule has 1 aliphatic rings. The summed E-state index contributed by atoms with van der Waals surface area (Å²) in [6.45, 7) is 1.09. The van der Waals surface area contributed by atoms with Gasteiger partial charge in [-0.25, -0.2) is 0 Å². The summed E-state index contributed by atoms with van der Waals surface area (Å²) in [6.07, 6.45) is 0. The van der Waals surface area contributed by atoms with E-state index in [1.807, 2.05) is 30.3 Å². The summed E-state index contributed by atoms with van der Waals surface area (Å²) in [5, 5.41) is 0.278. The first-order chi connectivity index (χ1) is 9.66. The second kappa shape index (κ2) is 6.00. The van der Waals surface area contributed by atoms with Gasteiger partial charge in [-0.3, -0.25) is 0 Å². The molecule has 20 heavy (non-hydrogen) atoms. The van der Waals surface area contributed by atoms with Crippen molar-refractivity contribution >= 4 is 45.8 Å². The second-order valence-corrected chi connectivity index (χ2v) is 6.41. The fraction of sp³-hybridized carbons (Fsp3) is 0.200. The van der Waals surface area contributed by atoms with Crippen LogP contribution in [0.1, 0.15) is 16.5 Å². The van der Waals surface area contributed by atoms with Crippen molar-refractivity contribution in [3.05, 3.63) is 56.1 Å². The van der Waals surface area contributed by atoms with Crippen molar-refractivity contribution in [3.63, 3.8) is 0 Å². The van der Waals surface area contributed by atoms with Crippen molar-refractivity contribution in [1.82, 2.24) is 0 Å². The van der Waals surface area contributed by atoms with Crippen LogP contribution >= 0.6 is 45.8 Å². The molecule has 1 aliphatic heterocycles. The highest BCUT2D eigenvalue weighted by Gasteiger charge is 2.21. The van der Waals surface area contributed by atoms with Gasteiger partial charge in [-0.15, -0.1) is 11.6 Å². The van der Waals surface area contributed by atoms with Gasteiger partial charge in [-0.1, -0.05) is 29.8 Å². The van der Waals surface area contributed by atoms with Gasteiger partial charge in [0.25, 0.3) is 0 Å². The third kappa shape index (κ3) is 2.71. The second-order valence-electron chi connectivity index (χ2n) is 4.40. The van der Waals surface area contributed by atoms with Crippen molar-refractivity contribution in [1.29, 1.82) is 0 Å². The highest BCUT2D eigenvalue weighted by atomic mass is 127. The predicted molar refractivity (Wildman–Crippen MR) is 89.3 cm³/mol. The Morgan fingerprint density at radius 3 is 2.35 bits per heavy atom. The van der Waals surface area contributed by atoms with Crippen molar-refractivity contribution in [2.75, 3.05) is 13.2 Å². The molecule has 0 aliphatic carbocycles. The van der Waals surface area contributed by atoms with Crippen molar-refractivity contribution < 1.29 is 9.47 Å². The molecule has 1 atom stereocenters. The van der Waals surface area contributed by atoms with Crippen LogP contribution in [0.15, 0.2) is 36.4 Å². The molecule has 0 spiro atoms. The van der Waals surface area contributed by atoms with Crippen LogP contribution in [0, 0.1) is 3.57 Å². The third-order valence-electron chi connectivity index (χ3n) is 3.11. The molecule has 0 bridgehead atoms.